The molecular weight excluding hydrogens is 292 g/mol. The Morgan fingerprint density at radius 1 is 1.26 bits per heavy atom. The fraction of sp³-hybridized carbons (Fsp3) is 0.556. The Balaban J connectivity index is 1.89. The summed E-state index contributed by atoms with van der Waals surface area (Å²) >= 11 is 0. The van der Waals surface area contributed by atoms with Gasteiger partial charge in [-0.05, 0) is 50.8 Å². The lowest BCUT2D eigenvalue weighted by Crippen LogP contribution is -2.48. The first kappa shape index (κ1) is 17.3. The zero-order chi connectivity index (χ0) is 16.8. The van der Waals surface area contributed by atoms with Crippen molar-refractivity contribution in [3.05, 3.63) is 29.8 Å². The summed E-state index contributed by atoms with van der Waals surface area (Å²) in [6.07, 6.45) is 2.75. The highest BCUT2D eigenvalue weighted by Gasteiger charge is 2.31. The van der Waals surface area contributed by atoms with Crippen molar-refractivity contribution >= 4 is 11.8 Å². The van der Waals surface area contributed by atoms with E-state index in [4.69, 9.17) is 10.5 Å². The normalized spacial score (nSPS) is 21.0. The second-order valence-corrected chi connectivity index (χ2v) is 6.15. The smallest absolute Gasteiger partial charge is 0.223 e. The van der Waals surface area contributed by atoms with Gasteiger partial charge in [-0.3, -0.25) is 9.59 Å². The summed E-state index contributed by atoms with van der Waals surface area (Å²) in [5.41, 5.74) is 6.50. The summed E-state index contributed by atoms with van der Waals surface area (Å²) < 4.78 is 5.41. The molecule has 5 nitrogen and oxygen atoms in total. The molecule has 1 saturated heterocycles. The number of hydrogen-bond acceptors (Lipinski definition) is 3. The Bertz CT molecular complexity index is 542. The van der Waals surface area contributed by atoms with Crippen molar-refractivity contribution in [2.75, 3.05) is 13.2 Å². The molecule has 1 fully saturated rings. The van der Waals surface area contributed by atoms with E-state index in [2.05, 4.69) is 0 Å². The molecule has 0 spiro atoms. The van der Waals surface area contributed by atoms with Crippen LogP contribution in [0.25, 0.3) is 0 Å². The van der Waals surface area contributed by atoms with Crippen molar-refractivity contribution in [2.24, 2.45) is 11.7 Å². The van der Waals surface area contributed by atoms with Crippen LogP contribution in [0, 0.1) is 5.92 Å². The van der Waals surface area contributed by atoms with Gasteiger partial charge in [-0.25, -0.2) is 0 Å². The average Bonchev–Trinajstić information content (AvgIpc) is 2.54. The van der Waals surface area contributed by atoms with Crippen molar-refractivity contribution in [3.63, 3.8) is 0 Å². The maximum Gasteiger partial charge on any atom is 0.223 e. The van der Waals surface area contributed by atoms with Crippen molar-refractivity contribution in [1.29, 1.82) is 0 Å². The highest BCUT2D eigenvalue weighted by atomic mass is 16.5. The minimum Gasteiger partial charge on any atom is -0.494 e. The van der Waals surface area contributed by atoms with Crippen molar-refractivity contribution < 1.29 is 14.3 Å². The molecule has 0 saturated carbocycles. The van der Waals surface area contributed by atoms with Crippen LogP contribution in [0.5, 0.6) is 5.75 Å². The van der Waals surface area contributed by atoms with Crippen LogP contribution in [-0.4, -0.2) is 35.9 Å². The summed E-state index contributed by atoms with van der Waals surface area (Å²) in [6.45, 7) is 5.09. The van der Waals surface area contributed by atoms with E-state index in [-0.39, 0.29) is 23.8 Å². The van der Waals surface area contributed by atoms with Crippen LogP contribution in [0.15, 0.2) is 24.3 Å². The number of piperidine rings is 1. The van der Waals surface area contributed by atoms with E-state index >= 15 is 0 Å². The summed E-state index contributed by atoms with van der Waals surface area (Å²) in [6, 6.07) is 8.01. The van der Waals surface area contributed by atoms with Gasteiger partial charge < -0.3 is 15.4 Å². The van der Waals surface area contributed by atoms with Crippen LogP contribution in [-0.2, 0) is 16.0 Å². The largest absolute Gasteiger partial charge is 0.494 e. The molecule has 0 unspecified atom stereocenters. The Morgan fingerprint density at radius 3 is 2.57 bits per heavy atom. The van der Waals surface area contributed by atoms with E-state index in [1.165, 1.54) is 0 Å². The van der Waals surface area contributed by atoms with E-state index in [0.29, 0.717) is 26.0 Å². The quantitative estimate of drug-likeness (QED) is 0.873. The highest BCUT2D eigenvalue weighted by molar-refractivity contribution is 5.80. The average molecular weight is 318 g/mol. The molecule has 2 atom stereocenters. The molecule has 1 aromatic carbocycles. The number of amides is 2. The Kier molecular flexibility index (Phi) is 6.02. The fourth-order valence-corrected chi connectivity index (χ4v) is 3.00. The van der Waals surface area contributed by atoms with Crippen LogP contribution in [0.3, 0.4) is 0 Å². The second kappa shape index (κ2) is 7.99. The molecule has 1 aliphatic rings. The molecule has 2 amide bonds. The number of carbonyl (C=O) groups is 2. The van der Waals surface area contributed by atoms with Gasteiger partial charge in [-0.15, -0.1) is 0 Å². The Morgan fingerprint density at radius 2 is 1.96 bits per heavy atom. The van der Waals surface area contributed by atoms with E-state index < -0.39 is 0 Å². The molecule has 23 heavy (non-hydrogen) atoms. The van der Waals surface area contributed by atoms with Gasteiger partial charge >= 0.3 is 0 Å². The summed E-state index contributed by atoms with van der Waals surface area (Å²) in [7, 11) is 0. The number of nitrogens with two attached hydrogens (primary N) is 1. The fourth-order valence-electron chi connectivity index (χ4n) is 3.00. The van der Waals surface area contributed by atoms with Crippen molar-refractivity contribution in [1.82, 2.24) is 4.90 Å². The van der Waals surface area contributed by atoms with E-state index in [9.17, 15) is 9.59 Å². The van der Waals surface area contributed by atoms with Gasteiger partial charge in [0.2, 0.25) is 11.8 Å². The lowest BCUT2D eigenvalue weighted by Gasteiger charge is -2.37. The topological polar surface area (TPSA) is 72.6 Å². The van der Waals surface area contributed by atoms with Gasteiger partial charge in [-0.1, -0.05) is 12.1 Å². The first-order valence-electron chi connectivity index (χ1n) is 8.31. The van der Waals surface area contributed by atoms with Crippen molar-refractivity contribution in [3.8, 4) is 5.75 Å². The number of primary amides is 1. The zero-order valence-electron chi connectivity index (χ0n) is 14.0. The molecule has 1 aliphatic heterocycles. The molecule has 0 aromatic heterocycles. The minimum atomic E-state index is -0.304. The van der Waals surface area contributed by atoms with Gasteiger partial charge in [0, 0.05) is 19.0 Å². The van der Waals surface area contributed by atoms with Gasteiger partial charge in [0.25, 0.3) is 0 Å². The standard InChI is InChI=1S/C18H26N2O3/c1-3-23-16-9-5-14(6-10-16)7-11-17(21)20-12-15(18(19)22)8-4-13(20)2/h5-6,9-10,13,15H,3-4,7-8,11-12H2,1-2H3,(H2,19,22)/t13-,15+/m1/s1. The van der Waals surface area contributed by atoms with Crippen LogP contribution in [0.2, 0.25) is 0 Å². The SMILES string of the molecule is CCOc1ccc(CCC(=O)N2C[C@@H](C(N)=O)CC[C@H]2C)cc1. The molecule has 0 aliphatic carbocycles. The summed E-state index contributed by atoms with van der Waals surface area (Å²) in [5.74, 6) is 0.427. The van der Waals surface area contributed by atoms with Crippen LogP contribution in [0.1, 0.15) is 38.7 Å². The number of hydrogen-bond donors (Lipinski definition) is 1. The summed E-state index contributed by atoms with van der Waals surface area (Å²) in [4.78, 5) is 25.6. The predicted molar refractivity (Wildman–Crippen MR) is 89.0 cm³/mol. The first-order chi connectivity index (χ1) is 11.0. The highest BCUT2D eigenvalue weighted by Crippen LogP contribution is 2.23. The van der Waals surface area contributed by atoms with Gasteiger partial charge in [-0.2, -0.15) is 0 Å². The monoisotopic (exact) mass is 318 g/mol. The van der Waals surface area contributed by atoms with Crippen molar-refractivity contribution in [2.45, 2.75) is 45.6 Å². The molecule has 0 radical (unpaired) electrons. The number of rotatable bonds is 6. The van der Waals surface area contributed by atoms with Gasteiger partial charge in [0.05, 0.1) is 12.5 Å². The third-order valence-corrected chi connectivity index (χ3v) is 4.47. The van der Waals surface area contributed by atoms with E-state index in [1.807, 2.05) is 43.0 Å². The number of likely N-dealkylation sites (tertiary alicyclic amines) is 1. The first-order valence-corrected chi connectivity index (χ1v) is 8.31. The molecule has 1 aromatic rings. The zero-order valence-corrected chi connectivity index (χ0v) is 14.0. The Hall–Kier alpha value is -2.04. The molecule has 1 heterocycles. The minimum absolute atomic E-state index is 0.0948. The molecule has 0 bridgehead atoms. The van der Waals surface area contributed by atoms with Gasteiger partial charge in [0.15, 0.2) is 0 Å². The lowest BCUT2D eigenvalue weighted by molar-refractivity contribution is -0.137. The number of benzene rings is 1. The molecule has 2 rings (SSSR count). The Labute approximate surface area is 137 Å². The number of nitrogens with zero attached hydrogens (tertiary/aromatic N) is 1. The third kappa shape index (κ3) is 4.71. The number of ether oxygens (including phenoxy) is 1. The number of carbonyl (C=O) groups excluding carboxylic acids is 2. The summed E-state index contributed by atoms with van der Waals surface area (Å²) in [5, 5.41) is 0. The third-order valence-electron chi connectivity index (χ3n) is 4.47. The van der Waals surface area contributed by atoms with Crippen LogP contribution >= 0.6 is 0 Å². The lowest BCUT2D eigenvalue weighted by atomic mass is 9.92. The van der Waals surface area contributed by atoms with E-state index in [1.54, 1.807) is 0 Å². The van der Waals surface area contributed by atoms with Crippen LogP contribution < -0.4 is 10.5 Å². The molecule has 2 N–H and O–H groups in total. The molecule has 126 valence electrons. The van der Waals surface area contributed by atoms with Crippen LogP contribution in [0.4, 0.5) is 0 Å². The second-order valence-electron chi connectivity index (χ2n) is 6.15. The maximum absolute atomic E-state index is 12.5. The molecule has 5 heteroatoms. The van der Waals surface area contributed by atoms with Gasteiger partial charge in [0.1, 0.15) is 5.75 Å². The predicted octanol–water partition coefficient (Wildman–Crippen LogP) is 2.13. The van der Waals surface area contributed by atoms with E-state index in [0.717, 1.165) is 24.2 Å². The number of aryl methyl sites for hydroxylation is 1. The maximum atomic E-state index is 12.5. The molecular formula is C18H26N2O3.